The Morgan fingerprint density at radius 2 is 0.848 bits per heavy atom. The van der Waals surface area contributed by atoms with Gasteiger partial charge in [-0.15, -0.1) is 0 Å². The summed E-state index contributed by atoms with van der Waals surface area (Å²) >= 11 is 0. The molecule has 0 bridgehead atoms. The van der Waals surface area contributed by atoms with E-state index < -0.39 is 0 Å². The van der Waals surface area contributed by atoms with E-state index in [9.17, 15) is 0 Å². The van der Waals surface area contributed by atoms with E-state index in [1.54, 1.807) is 0 Å². The van der Waals surface area contributed by atoms with Gasteiger partial charge in [-0.2, -0.15) is 0 Å². The topological polar surface area (TPSA) is 0 Å². The maximum absolute atomic E-state index is 2.46. The van der Waals surface area contributed by atoms with Crippen molar-refractivity contribution < 1.29 is 0 Å². The van der Waals surface area contributed by atoms with E-state index in [4.69, 9.17) is 0 Å². The SMILES string of the molecule is C1=Cc2cc(-c3c4ccccc4c(-c4cc5ccc6ccccc6c5c5ccccc45)c4ccccc34)c3ccccc3c2CC1. The van der Waals surface area contributed by atoms with Gasteiger partial charge < -0.3 is 0 Å². The molecule has 0 N–H and O–H groups in total. The predicted octanol–water partition coefficient (Wildman–Crippen LogP) is 12.9. The predicted molar refractivity (Wildman–Crippen MR) is 200 cm³/mol. The second-order valence-corrected chi connectivity index (χ2v) is 12.7. The lowest BCUT2D eigenvalue weighted by Gasteiger charge is -2.22. The molecule has 0 atom stereocenters. The second-order valence-electron chi connectivity index (χ2n) is 12.7. The molecule has 0 fully saturated rings. The third-order valence-electron chi connectivity index (χ3n) is 10.3. The Labute approximate surface area is 267 Å². The number of hydrogen-bond donors (Lipinski definition) is 0. The standard InChI is InChI=1S/C46H30/c1-4-16-33-29(13-1)25-26-31-28-43(36-19-7-8-20-37(36)44(31)33)46-40-23-11-9-21-38(40)45(39-22-10-12-24-41(39)46)42-27-30-14-2-3-15-32(30)34-17-5-6-18-35(34)42/h1-2,4-14,16-28H,3,15H2. The van der Waals surface area contributed by atoms with Crippen LogP contribution in [0.25, 0.3) is 93.0 Å². The first-order valence-electron chi connectivity index (χ1n) is 16.3. The van der Waals surface area contributed by atoms with Crippen molar-refractivity contribution in [3.05, 3.63) is 163 Å². The Balaban J connectivity index is 1.38. The summed E-state index contributed by atoms with van der Waals surface area (Å²) in [6.07, 6.45) is 6.86. The van der Waals surface area contributed by atoms with Crippen molar-refractivity contribution in [3.63, 3.8) is 0 Å². The molecule has 0 saturated heterocycles. The third kappa shape index (κ3) is 3.62. The van der Waals surface area contributed by atoms with Gasteiger partial charge in [0.15, 0.2) is 0 Å². The molecule has 0 spiro atoms. The largest absolute Gasteiger partial charge is 0.0836 e. The molecule has 0 heterocycles. The number of benzene rings is 9. The second kappa shape index (κ2) is 9.89. The van der Waals surface area contributed by atoms with Crippen molar-refractivity contribution in [2.24, 2.45) is 0 Å². The number of rotatable bonds is 2. The van der Waals surface area contributed by atoms with Gasteiger partial charge in [-0.05, 0) is 123 Å². The van der Waals surface area contributed by atoms with Crippen molar-refractivity contribution in [1.82, 2.24) is 0 Å². The average molecular weight is 583 g/mol. The summed E-state index contributed by atoms with van der Waals surface area (Å²) in [5.41, 5.74) is 8.06. The molecule has 9 aromatic rings. The Morgan fingerprint density at radius 3 is 1.50 bits per heavy atom. The number of aryl methyl sites for hydroxylation is 1. The van der Waals surface area contributed by atoms with Crippen LogP contribution in [0.3, 0.4) is 0 Å². The smallest absolute Gasteiger partial charge is 0.00199 e. The van der Waals surface area contributed by atoms with E-state index in [1.807, 2.05) is 0 Å². The first-order valence-corrected chi connectivity index (χ1v) is 16.3. The highest BCUT2D eigenvalue weighted by Crippen LogP contribution is 2.49. The Bertz CT molecular complexity index is 2680. The molecule has 0 amide bonds. The molecule has 9 aromatic carbocycles. The number of hydrogen-bond acceptors (Lipinski definition) is 0. The minimum Gasteiger partial charge on any atom is -0.0836 e. The van der Waals surface area contributed by atoms with Gasteiger partial charge >= 0.3 is 0 Å². The van der Waals surface area contributed by atoms with Crippen LogP contribution in [0, 0.1) is 0 Å². The van der Waals surface area contributed by atoms with Gasteiger partial charge in [0.1, 0.15) is 0 Å². The maximum atomic E-state index is 2.46. The molecule has 46 heavy (non-hydrogen) atoms. The molecule has 0 nitrogen and oxygen atoms in total. The van der Waals surface area contributed by atoms with Crippen LogP contribution >= 0.6 is 0 Å². The monoisotopic (exact) mass is 582 g/mol. The molecule has 0 unspecified atom stereocenters. The van der Waals surface area contributed by atoms with Gasteiger partial charge in [0.05, 0.1) is 0 Å². The summed E-state index contributed by atoms with van der Waals surface area (Å²) in [7, 11) is 0. The molecular formula is C46H30. The molecular weight excluding hydrogens is 553 g/mol. The van der Waals surface area contributed by atoms with Crippen molar-refractivity contribution in [1.29, 1.82) is 0 Å². The van der Waals surface area contributed by atoms with E-state index in [-0.39, 0.29) is 0 Å². The highest BCUT2D eigenvalue weighted by atomic mass is 14.2. The average Bonchev–Trinajstić information content (AvgIpc) is 3.13. The van der Waals surface area contributed by atoms with E-state index in [1.165, 1.54) is 98.0 Å². The van der Waals surface area contributed by atoms with Crippen LogP contribution in [0.2, 0.25) is 0 Å². The number of allylic oxidation sites excluding steroid dienone is 1. The normalized spacial score (nSPS) is 13.0. The fraction of sp³-hybridized carbons (Fsp3) is 0.0435. The summed E-state index contributed by atoms with van der Waals surface area (Å²) < 4.78 is 0. The summed E-state index contributed by atoms with van der Waals surface area (Å²) in [6.45, 7) is 0. The van der Waals surface area contributed by atoms with Gasteiger partial charge in [0, 0.05) is 0 Å². The van der Waals surface area contributed by atoms with Gasteiger partial charge in [0.25, 0.3) is 0 Å². The third-order valence-corrected chi connectivity index (χ3v) is 10.3. The maximum Gasteiger partial charge on any atom is -0.00199 e. The van der Waals surface area contributed by atoms with Crippen molar-refractivity contribution >= 4 is 70.7 Å². The van der Waals surface area contributed by atoms with Crippen molar-refractivity contribution in [3.8, 4) is 22.3 Å². The molecule has 0 aromatic heterocycles. The minimum atomic E-state index is 1.09. The lowest BCUT2D eigenvalue weighted by atomic mass is 9.81. The molecule has 0 saturated carbocycles. The lowest BCUT2D eigenvalue weighted by Crippen LogP contribution is -1.98. The first-order chi connectivity index (χ1) is 22.8. The van der Waals surface area contributed by atoms with Crippen LogP contribution < -0.4 is 0 Å². The van der Waals surface area contributed by atoms with Crippen LogP contribution in [0.5, 0.6) is 0 Å². The van der Waals surface area contributed by atoms with Crippen LogP contribution in [-0.2, 0) is 6.42 Å². The van der Waals surface area contributed by atoms with Crippen LogP contribution in [0.15, 0.2) is 152 Å². The highest BCUT2D eigenvalue weighted by Gasteiger charge is 2.22. The summed E-state index contributed by atoms with van der Waals surface area (Å²) in [5, 5.41) is 15.7. The van der Waals surface area contributed by atoms with Gasteiger partial charge in [0.2, 0.25) is 0 Å². The first kappa shape index (κ1) is 25.6. The van der Waals surface area contributed by atoms with E-state index >= 15 is 0 Å². The lowest BCUT2D eigenvalue weighted by molar-refractivity contribution is 0.997. The van der Waals surface area contributed by atoms with Gasteiger partial charge in [-0.3, -0.25) is 0 Å². The molecule has 0 radical (unpaired) electrons. The molecule has 214 valence electrons. The van der Waals surface area contributed by atoms with Gasteiger partial charge in [-0.1, -0.05) is 146 Å². The van der Waals surface area contributed by atoms with Crippen molar-refractivity contribution in [2.45, 2.75) is 12.8 Å². The zero-order valence-corrected chi connectivity index (χ0v) is 25.4. The van der Waals surface area contributed by atoms with E-state index in [0.717, 1.165) is 12.8 Å². The fourth-order valence-corrected chi connectivity index (χ4v) is 8.32. The fourth-order valence-electron chi connectivity index (χ4n) is 8.32. The van der Waals surface area contributed by atoms with Crippen LogP contribution in [0.1, 0.15) is 17.5 Å². The van der Waals surface area contributed by atoms with E-state index in [0.29, 0.717) is 0 Å². The molecule has 1 aliphatic rings. The summed E-state index contributed by atoms with van der Waals surface area (Å²) in [6, 6.07) is 54.4. The van der Waals surface area contributed by atoms with Gasteiger partial charge in [-0.25, -0.2) is 0 Å². The Kier molecular flexibility index (Phi) is 5.50. The highest BCUT2D eigenvalue weighted by molar-refractivity contribution is 6.29. The zero-order chi connectivity index (χ0) is 30.2. The van der Waals surface area contributed by atoms with E-state index in [2.05, 4.69) is 158 Å². The molecule has 10 rings (SSSR count). The minimum absolute atomic E-state index is 1.09. The molecule has 1 aliphatic carbocycles. The molecule has 0 heteroatoms. The van der Waals surface area contributed by atoms with Crippen molar-refractivity contribution in [2.75, 3.05) is 0 Å². The Morgan fingerprint density at radius 1 is 0.370 bits per heavy atom. The van der Waals surface area contributed by atoms with Crippen LogP contribution in [-0.4, -0.2) is 0 Å². The number of fused-ring (bicyclic) bond motifs is 10. The zero-order valence-electron chi connectivity index (χ0n) is 25.4. The Hall–Kier alpha value is -5.72. The summed E-state index contributed by atoms with van der Waals surface area (Å²) in [5.74, 6) is 0. The quantitative estimate of drug-likeness (QED) is 0.140. The molecule has 0 aliphatic heterocycles. The summed E-state index contributed by atoms with van der Waals surface area (Å²) in [4.78, 5) is 0. The van der Waals surface area contributed by atoms with Crippen LogP contribution in [0.4, 0.5) is 0 Å².